The number of benzene rings is 4. The Morgan fingerprint density at radius 1 is 0.780 bits per heavy atom. The van der Waals surface area contributed by atoms with Crippen LogP contribution in [0.5, 0.6) is 5.75 Å². The van der Waals surface area contributed by atoms with Crippen molar-refractivity contribution in [1.29, 1.82) is 0 Å². The van der Waals surface area contributed by atoms with Gasteiger partial charge in [-0.25, -0.2) is 8.42 Å². The van der Waals surface area contributed by atoms with Crippen molar-refractivity contribution < 1.29 is 17.9 Å². The number of hydrogen-bond acceptors (Lipinski definition) is 6. The second-order valence-corrected chi connectivity index (χ2v) is 16.4. The molecule has 4 aromatic rings. The molecule has 0 aromatic heterocycles. The van der Waals surface area contributed by atoms with Crippen molar-refractivity contribution in [2.45, 2.75) is 107 Å². The Morgan fingerprint density at radius 3 is 2.00 bits per heavy atom. The summed E-state index contributed by atoms with van der Waals surface area (Å²) in [5, 5.41) is 6.33. The van der Waals surface area contributed by atoms with Crippen molar-refractivity contribution in [1.82, 2.24) is 0 Å². The highest BCUT2D eigenvalue weighted by atomic mass is 32.2. The fourth-order valence-electron chi connectivity index (χ4n) is 5.78. The molecule has 50 heavy (non-hydrogen) atoms. The first-order chi connectivity index (χ1) is 23.6. The maximum Gasteiger partial charge on any atom is 0.265 e. The normalized spacial score (nSPS) is 12.7. The van der Waals surface area contributed by atoms with Crippen molar-refractivity contribution in [2.24, 2.45) is 0 Å². The molecule has 0 radical (unpaired) electrons. The van der Waals surface area contributed by atoms with Crippen molar-refractivity contribution in [3.05, 3.63) is 102 Å². The first-order valence-corrected chi connectivity index (χ1v) is 19.2. The fourth-order valence-corrected chi connectivity index (χ4v) is 7.24. The quantitative estimate of drug-likeness (QED) is 0.121. The average molecular weight is 698 g/mol. The van der Waals surface area contributed by atoms with Crippen LogP contribution >= 0.6 is 0 Å². The predicted octanol–water partition coefficient (Wildman–Crippen LogP) is 10.3. The van der Waals surface area contributed by atoms with Gasteiger partial charge >= 0.3 is 0 Å². The molecule has 1 amide bonds. The Bertz CT molecular complexity index is 1850. The van der Waals surface area contributed by atoms with Crippen LogP contribution in [0.2, 0.25) is 0 Å². The number of nitrogens with zero attached hydrogens (tertiary/aromatic N) is 1. The zero-order valence-corrected chi connectivity index (χ0v) is 32.1. The number of sulfone groups is 1. The van der Waals surface area contributed by atoms with Crippen LogP contribution in [0.3, 0.4) is 0 Å². The average Bonchev–Trinajstić information content (AvgIpc) is 3.11. The third-order valence-electron chi connectivity index (χ3n) is 9.86. The van der Waals surface area contributed by atoms with Gasteiger partial charge < -0.3 is 20.3 Å². The van der Waals surface area contributed by atoms with Gasteiger partial charge in [0.25, 0.3) is 5.91 Å². The molecule has 0 aliphatic carbocycles. The van der Waals surface area contributed by atoms with E-state index in [9.17, 15) is 13.2 Å². The smallest absolute Gasteiger partial charge is 0.265 e. The van der Waals surface area contributed by atoms with E-state index in [2.05, 4.69) is 71.2 Å². The molecule has 0 spiro atoms. The number of rotatable bonds is 16. The maximum absolute atomic E-state index is 13.7. The molecule has 0 saturated carbocycles. The van der Waals surface area contributed by atoms with E-state index in [0.717, 1.165) is 31.4 Å². The molecule has 7 nitrogen and oxygen atoms in total. The Balaban J connectivity index is 1.56. The fraction of sp³-hybridized carbons (Fsp3) is 0.405. The monoisotopic (exact) mass is 697 g/mol. The summed E-state index contributed by atoms with van der Waals surface area (Å²) in [5.74, 6) is 0.499. The predicted molar refractivity (Wildman–Crippen MR) is 208 cm³/mol. The van der Waals surface area contributed by atoms with E-state index >= 15 is 0 Å². The third-order valence-corrected chi connectivity index (χ3v) is 11.7. The Kier molecular flexibility index (Phi) is 12.4. The van der Waals surface area contributed by atoms with E-state index in [1.807, 2.05) is 43.3 Å². The van der Waals surface area contributed by atoms with Crippen LogP contribution in [0, 0.1) is 0 Å². The van der Waals surface area contributed by atoms with Crippen LogP contribution in [0.4, 0.5) is 22.7 Å². The number of anilines is 4. The molecule has 0 aliphatic heterocycles. The van der Waals surface area contributed by atoms with Gasteiger partial charge in [-0.1, -0.05) is 79.2 Å². The SMILES string of the molecule is CCCCC(Oc1ccc(C(C)(C)CC)c(C(C)(C)CC)c1)C(=O)Nc1ccc(Nc2ccc(N(C)C)cc2S(=O)(=O)c2ccccc2)cc1. The minimum absolute atomic E-state index is 0.0215. The van der Waals surface area contributed by atoms with Gasteiger partial charge in [0, 0.05) is 31.2 Å². The number of amides is 1. The van der Waals surface area contributed by atoms with Gasteiger partial charge in [0.2, 0.25) is 9.84 Å². The summed E-state index contributed by atoms with van der Waals surface area (Å²) in [6.07, 6.45) is 3.75. The Hall–Kier alpha value is -4.30. The number of carbonyl (C=O) groups is 1. The molecule has 8 heteroatoms. The summed E-state index contributed by atoms with van der Waals surface area (Å²) >= 11 is 0. The topological polar surface area (TPSA) is 87.7 Å². The molecular weight excluding hydrogens is 643 g/mol. The summed E-state index contributed by atoms with van der Waals surface area (Å²) < 4.78 is 33.9. The van der Waals surface area contributed by atoms with Crippen LogP contribution in [-0.2, 0) is 25.5 Å². The van der Waals surface area contributed by atoms with Crippen molar-refractivity contribution in [2.75, 3.05) is 29.6 Å². The lowest BCUT2D eigenvalue weighted by atomic mass is 9.71. The zero-order valence-electron chi connectivity index (χ0n) is 31.3. The standard InChI is InChI=1S/C42H55N3O4S/c1-10-13-19-38(49-33-25-26-35(41(4,5)11-2)36(29-33)42(6,7)12-3)40(46)44-31-22-20-30(21-23-31)43-37-27-24-32(45(8)9)28-39(37)50(47,48)34-17-15-14-16-18-34/h14-18,20-29,38,43H,10-13,19H2,1-9H3,(H,44,46). The molecule has 2 N–H and O–H groups in total. The van der Waals surface area contributed by atoms with Gasteiger partial charge in [0.1, 0.15) is 5.75 Å². The summed E-state index contributed by atoms with van der Waals surface area (Å²) in [6.45, 7) is 15.6. The van der Waals surface area contributed by atoms with Gasteiger partial charge in [0.15, 0.2) is 6.10 Å². The van der Waals surface area contributed by atoms with Crippen LogP contribution in [0.15, 0.2) is 101 Å². The minimum Gasteiger partial charge on any atom is -0.481 e. The van der Waals surface area contributed by atoms with E-state index in [1.165, 1.54) is 11.1 Å². The van der Waals surface area contributed by atoms with E-state index < -0.39 is 15.9 Å². The number of nitrogens with one attached hydrogen (secondary N) is 2. The van der Waals surface area contributed by atoms with Crippen molar-refractivity contribution in [3.8, 4) is 5.75 Å². The van der Waals surface area contributed by atoms with Gasteiger partial charge in [-0.2, -0.15) is 0 Å². The van der Waals surface area contributed by atoms with Crippen molar-refractivity contribution >= 4 is 38.5 Å². The van der Waals surface area contributed by atoms with E-state index in [-0.39, 0.29) is 26.5 Å². The molecule has 268 valence electrons. The summed E-state index contributed by atoms with van der Waals surface area (Å²) in [6, 6.07) is 27.3. The van der Waals surface area contributed by atoms with E-state index in [4.69, 9.17) is 4.74 Å². The molecule has 4 rings (SSSR count). The molecule has 0 heterocycles. The molecule has 1 unspecified atom stereocenters. The second kappa shape index (κ2) is 16.2. The van der Waals surface area contributed by atoms with E-state index in [0.29, 0.717) is 29.2 Å². The van der Waals surface area contributed by atoms with Crippen LogP contribution in [-0.4, -0.2) is 34.5 Å². The molecule has 4 aromatic carbocycles. The highest BCUT2D eigenvalue weighted by Crippen LogP contribution is 2.40. The Morgan fingerprint density at radius 2 is 1.40 bits per heavy atom. The lowest BCUT2D eigenvalue weighted by Crippen LogP contribution is -2.33. The lowest BCUT2D eigenvalue weighted by molar-refractivity contribution is -0.123. The van der Waals surface area contributed by atoms with E-state index in [1.54, 1.807) is 54.6 Å². The van der Waals surface area contributed by atoms with Crippen LogP contribution in [0.1, 0.15) is 91.7 Å². The molecule has 0 fully saturated rings. The van der Waals surface area contributed by atoms with Gasteiger partial charge in [0.05, 0.1) is 15.5 Å². The number of carbonyl (C=O) groups excluding carboxylic acids is 1. The highest BCUT2D eigenvalue weighted by Gasteiger charge is 2.30. The first-order valence-electron chi connectivity index (χ1n) is 17.7. The Labute approximate surface area is 300 Å². The van der Waals surface area contributed by atoms with Crippen molar-refractivity contribution in [3.63, 3.8) is 0 Å². The molecule has 0 aliphatic rings. The molecular formula is C42H55N3O4S. The summed E-state index contributed by atoms with van der Waals surface area (Å²) in [7, 11) is -0.0462. The zero-order chi connectivity index (χ0) is 36.7. The molecule has 0 bridgehead atoms. The third kappa shape index (κ3) is 9.08. The van der Waals surface area contributed by atoms with Gasteiger partial charge in [-0.15, -0.1) is 0 Å². The van der Waals surface area contributed by atoms with Gasteiger partial charge in [-0.05, 0) is 114 Å². The lowest BCUT2D eigenvalue weighted by Gasteiger charge is -2.34. The molecule has 1 atom stereocenters. The summed E-state index contributed by atoms with van der Waals surface area (Å²) in [5.41, 5.74) is 5.10. The number of hydrogen-bond donors (Lipinski definition) is 2. The van der Waals surface area contributed by atoms with Crippen LogP contribution in [0.25, 0.3) is 0 Å². The number of unbranched alkanes of at least 4 members (excludes halogenated alkanes) is 1. The number of ether oxygens (including phenoxy) is 1. The summed E-state index contributed by atoms with van der Waals surface area (Å²) in [4.78, 5) is 15.9. The van der Waals surface area contributed by atoms with Crippen LogP contribution < -0.4 is 20.3 Å². The minimum atomic E-state index is -3.80. The molecule has 0 saturated heterocycles. The highest BCUT2D eigenvalue weighted by molar-refractivity contribution is 7.91. The first kappa shape index (κ1) is 38.5. The largest absolute Gasteiger partial charge is 0.481 e. The second-order valence-electron chi connectivity index (χ2n) is 14.5. The maximum atomic E-state index is 13.7. The van der Waals surface area contributed by atoms with Gasteiger partial charge in [-0.3, -0.25) is 4.79 Å².